The fourth-order valence-corrected chi connectivity index (χ4v) is 1.51. The van der Waals surface area contributed by atoms with Crippen LogP contribution in [0.5, 0.6) is 5.75 Å². The zero-order chi connectivity index (χ0) is 14.5. The smallest absolute Gasteiger partial charge is 0.410 e. The second kappa shape index (κ2) is 5.83. The van der Waals surface area contributed by atoms with Crippen LogP contribution in [0.1, 0.15) is 10.4 Å². The Balaban J connectivity index is 2.11. The van der Waals surface area contributed by atoms with Gasteiger partial charge in [0.1, 0.15) is 11.6 Å². The Hall–Kier alpha value is -2.89. The van der Waals surface area contributed by atoms with Crippen LogP contribution in [0.2, 0.25) is 0 Å². The van der Waals surface area contributed by atoms with Gasteiger partial charge in [0.15, 0.2) is 0 Å². The third-order valence-corrected chi connectivity index (χ3v) is 2.44. The van der Waals surface area contributed by atoms with Gasteiger partial charge in [0, 0.05) is 5.56 Å². The Morgan fingerprint density at radius 3 is 2.45 bits per heavy atom. The third kappa shape index (κ3) is 3.32. The summed E-state index contributed by atoms with van der Waals surface area (Å²) in [6.07, 6.45) is -0.864. The van der Waals surface area contributed by atoms with Crippen molar-refractivity contribution in [3.63, 3.8) is 0 Å². The molecule has 0 heterocycles. The molecule has 0 saturated carbocycles. The summed E-state index contributed by atoms with van der Waals surface area (Å²) in [6.45, 7) is 0. The van der Waals surface area contributed by atoms with E-state index in [-0.39, 0.29) is 11.3 Å². The van der Waals surface area contributed by atoms with Gasteiger partial charge in [-0.1, -0.05) is 18.2 Å². The summed E-state index contributed by atoms with van der Waals surface area (Å²) in [4.78, 5) is 22.6. The predicted molar refractivity (Wildman–Crippen MR) is 71.0 cm³/mol. The van der Waals surface area contributed by atoms with Crippen molar-refractivity contribution in [2.45, 2.75) is 0 Å². The number of ether oxygens (including phenoxy) is 1. The molecular weight excluding hydrogens is 263 g/mol. The summed E-state index contributed by atoms with van der Waals surface area (Å²) in [6, 6.07) is 11.7. The molecule has 2 amide bonds. The Labute approximate surface area is 114 Å². The number of anilines is 1. The van der Waals surface area contributed by atoms with E-state index in [2.05, 4.69) is 5.32 Å². The van der Waals surface area contributed by atoms with Crippen LogP contribution in [-0.2, 0) is 0 Å². The molecule has 3 N–H and O–H groups in total. The average molecular weight is 274 g/mol. The molecule has 5 nitrogen and oxygen atoms in total. The summed E-state index contributed by atoms with van der Waals surface area (Å²) in [5.74, 6) is -1.10. The monoisotopic (exact) mass is 274 g/mol. The van der Waals surface area contributed by atoms with Crippen LogP contribution in [0.15, 0.2) is 48.5 Å². The van der Waals surface area contributed by atoms with Crippen LogP contribution >= 0.6 is 0 Å². The molecule has 0 bridgehead atoms. The number of primary amides is 1. The Morgan fingerprint density at radius 1 is 1.10 bits per heavy atom. The van der Waals surface area contributed by atoms with Gasteiger partial charge >= 0.3 is 6.09 Å². The molecule has 102 valence electrons. The van der Waals surface area contributed by atoms with Crippen molar-refractivity contribution in [2.24, 2.45) is 5.73 Å². The maximum Gasteiger partial charge on any atom is 0.417 e. The van der Waals surface area contributed by atoms with E-state index in [0.29, 0.717) is 5.75 Å². The first-order valence-electron chi connectivity index (χ1n) is 5.69. The van der Waals surface area contributed by atoms with Crippen LogP contribution in [0.3, 0.4) is 0 Å². The van der Waals surface area contributed by atoms with Gasteiger partial charge in [-0.3, -0.25) is 10.1 Å². The lowest BCUT2D eigenvalue weighted by molar-refractivity contribution is 0.1000. The number of carbonyl (C=O) groups is 2. The van der Waals surface area contributed by atoms with Crippen molar-refractivity contribution in [2.75, 3.05) is 5.32 Å². The van der Waals surface area contributed by atoms with Crippen LogP contribution < -0.4 is 15.8 Å². The Kier molecular flexibility index (Phi) is 3.95. The van der Waals surface area contributed by atoms with Gasteiger partial charge in [-0.15, -0.1) is 0 Å². The molecule has 0 fully saturated rings. The molecule has 0 aromatic heterocycles. The number of nitrogens with two attached hydrogens (primary N) is 1. The van der Waals surface area contributed by atoms with Gasteiger partial charge in [0.2, 0.25) is 5.91 Å². The maximum absolute atomic E-state index is 13.5. The predicted octanol–water partition coefficient (Wildman–Crippen LogP) is 2.54. The summed E-state index contributed by atoms with van der Waals surface area (Å²) < 4.78 is 18.5. The highest BCUT2D eigenvalue weighted by molar-refractivity contribution is 5.95. The van der Waals surface area contributed by atoms with E-state index in [9.17, 15) is 14.0 Å². The molecule has 2 aromatic carbocycles. The standard InChI is InChI=1S/C14H11FN2O3/c15-11-7-6-9(13(16)18)8-12(11)17-14(19)20-10-4-2-1-3-5-10/h1-8H,(H2,16,18)(H,17,19). The minimum atomic E-state index is -0.864. The summed E-state index contributed by atoms with van der Waals surface area (Å²) in [5.41, 5.74) is 4.99. The van der Waals surface area contributed by atoms with E-state index in [0.717, 1.165) is 12.1 Å². The van der Waals surface area contributed by atoms with Gasteiger partial charge < -0.3 is 10.5 Å². The van der Waals surface area contributed by atoms with Crippen molar-refractivity contribution < 1.29 is 18.7 Å². The molecule has 20 heavy (non-hydrogen) atoms. The van der Waals surface area contributed by atoms with Crippen molar-refractivity contribution >= 4 is 17.7 Å². The molecule has 2 rings (SSSR count). The van der Waals surface area contributed by atoms with Gasteiger partial charge in [0.25, 0.3) is 0 Å². The fraction of sp³-hybridized carbons (Fsp3) is 0. The SMILES string of the molecule is NC(=O)c1ccc(F)c(NC(=O)Oc2ccccc2)c1. The van der Waals surface area contributed by atoms with E-state index in [1.807, 2.05) is 0 Å². The number of rotatable bonds is 3. The Bertz CT molecular complexity index is 644. The second-order valence-corrected chi connectivity index (χ2v) is 3.89. The third-order valence-electron chi connectivity index (χ3n) is 2.44. The molecule has 0 radical (unpaired) electrons. The minimum absolute atomic E-state index is 0.0846. The number of amides is 2. The van der Waals surface area contributed by atoms with Crippen molar-refractivity contribution in [1.82, 2.24) is 0 Å². The fourth-order valence-electron chi connectivity index (χ4n) is 1.51. The second-order valence-electron chi connectivity index (χ2n) is 3.89. The van der Waals surface area contributed by atoms with Crippen LogP contribution in [0, 0.1) is 5.82 Å². The van der Waals surface area contributed by atoms with Gasteiger partial charge in [-0.25, -0.2) is 9.18 Å². The zero-order valence-corrected chi connectivity index (χ0v) is 10.3. The van der Waals surface area contributed by atoms with Gasteiger partial charge in [-0.2, -0.15) is 0 Å². The van der Waals surface area contributed by atoms with Crippen molar-refractivity contribution in [3.05, 3.63) is 59.9 Å². The minimum Gasteiger partial charge on any atom is -0.410 e. The van der Waals surface area contributed by atoms with E-state index >= 15 is 0 Å². The Morgan fingerprint density at radius 2 is 1.80 bits per heavy atom. The normalized spacial score (nSPS) is 9.85. The molecular formula is C14H11FN2O3. The van der Waals surface area contributed by atoms with Crippen LogP contribution in [0.4, 0.5) is 14.9 Å². The number of halogens is 1. The molecule has 0 aliphatic carbocycles. The lowest BCUT2D eigenvalue weighted by Gasteiger charge is -2.08. The topological polar surface area (TPSA) is 81.4 Å². The first kappa shape index (κ1) is 13.5. The highest BCUT2D eigenvalue weighted by Gasteiger charge is 2.11. The largest absolute Gasteiger partial charge is 0.417 e. The summed E-state index contributed by atoms with van der Waals surface area (Å²) >= 11 is 0. The van der Waals surface area contributed by atoms with Gasteiger partial charge in [0.05, 0.1) is 5.69 Å². The number of hydrogen-bond donors (Lipinski definition) is 2. The molecule has 0 aliphatic rings. The molecule has 2 aromatic rings. The average Bonchev–Trinajstić information content (AvgIpc) is 2.42. The van der Waals surface area contributed by atoms with Crippen molar-refractivity contribution in [1.29, 1.82) is 0 Å². The van der Waals surface area contributed by atoms with E-state index in [4.69, 9.17) is 10.5 Å². The molecule has 0 atom stereocenters. The quantitative estimate of drug-likeness (QED) is 0.902. The molecule has 0 unspecified atom stereocenters. The lowest BCUT2D eigenvalue weighted by atomic mass is 10.2. The first-order valence-corrected chi connectivity index (χ1v) is 5.69. The number of benzene rings is 2. The zero-order valence-electron chi connectivity index (χ0n) is 10.3. The van der Waals surface area contributed by atoms with E-state index < -0.39 is 17.8 Å². The van der Waals surface area contributed by atoms with E-state index in [1.165, 1.54) is 6.07 Å². The summed E-state index contributed by atoms with van der Waals surface area (Å²) in [7, 11) is 0. The van der Waals surface area contributed by atoms with E-state index in [1.54, 1.807) is 30.3 Å². The number of para-hydroxylation sites is 1. The van der Waals surface area contributed by atoms with Crippen molar-refractivity contribution in [3.8, 4) is 5.75 Å². The maximum atomic E-state index is 13.5. The number of nitrogens with one attached hydrogen (secondary N) is 1. The number of hydrogen-bond acceptors (Lipinski definition) is 3. The lowest BCUT2D eigenvalue weighted by Crippen LogP contribution is -2.18. The molecule has 0 saturated heterocycles. The highest BCUT2D eigenvalue weighted by atomic mass is 19.1. The first-order chi connectivity index (χ1) is 9.56. The molecule has 6 heteroatoms. The number of carbonyl (C=O) groups excluding carboxylic acids is 2. The molecule has 0 spiro atoms. The highest BCUT2D eigenvalue weighted by Crippen LogP contribution is 2.17. The van der Waals surface area contributed by atoms with Crippen LogP contribution in [-0.4, -0.2) is 12.0 Å². The van der Waals surface area contributed by atoms with Crippen LogP contribution in [0.25, 0.3) is 0 Å². The molecule has 0 aliphatic heterocycles. The summed E-state index contributed by atoms with van der Waals surface area (Å²) in [5, 5.41) is 2.21. The van der Waals surface area contributed by atoms with Gasteiger partial charge in [-0.05, 0) is 30.3 Å².